The van der Waals surface area contributed by atoms with E-state index in [1.807, 2.05) is 31.2 Å². The van der Waals surface area contributed by atoms with Gasteiger partial charge in [-0.15, -0.1) is 0 Å². The lowest BCUT2D eigenvalue weighted by molar-refractivity contribution is -0.130. The molecule has 170 valence electrons. The lowest BCUT2D eigenvalue weighted by Gasteiger charge is -2.28. The van der Waals surface area contributed by atoms with E-state index in [-0.39, 0.29) is 17.6 Å². The second kappa shape index (κ2) is 9.40. The number of benzene rings is 2. The summed E-state index contributed by atoms with van der Waals surface area (Å²) < 4.78 is 13.3. The number of anilines is 1. The Balaban J connectivity index is 1.59. The smallest absolute Gasteiger partial charge is 0.255 e. The molecule has 0 bridgehead atoms. The molecule has 2 amide bonds. The minimum atomic E-state index is -0.728. The van der Waals surface area contributed by atoms with Crippen LogP contribution in [-0.4, -0.2) is 41.3 Å². The Bertz CT molecular complexity index is 1150. The molecule has 3 N–H and O–H groups in total. The first kappa shape index (κ1) is 22.5. The first-order valence-electron chi connectivity index (χ1n) is 11.0. The summed E-state index contributed by atoms with van der Waals surface area (Å²) in [7, 11) is 0. The third-order valence-corrected chi connectivity index (χ3v) is 6.14. The molecule has 0 aliphatic carbocycles. The quantitative estimate of drug-likeness (QED) is 0.605. The normalized spacial score (nSPS) is 17.7. The molecular formula is C26H27FN4O2. The van der Waals surface area contributed by atoms with Gasteiger partial charge in [0.1, 0.15) is 11.6 Å². The second-order valence-corrected chi connectivity index (χ2v) is 8.47. The van der Waals surface area contributed by atoms with Gasteiger partial charge < -0.3 is 16.0 Å². The molecule has 0 spiro atoms. The number of nitrogens with two attached hydrogens (primary N) is 1. The average Bonchev–Trinajstić information content (AvgIpc) is 3.25. The molecule has 1 aliphatic rings. The van der Waals surface area contributed by atoms with Gasteiger partial charge in [0.05, 0.1) is 11.0 Å². The van der Waals surface area contributed by atoms with E-state index in [0.717, 1.165) is 16.7 Å². The molecule has 7 heteroatoms. The van der Waals surface area contributed by atoms with Crippen LogP contribution in [0.4, 0.5) is 10.2 Å². The number of rotatable bonds is 6. The highest BCUT2D eigenvalue weighted by atomic mass is 19.1. The second-order valence-electron chi connectivity index (χ2n) is 8.47. The summed E-state index contributed by atoms with van der Waals surface area (Å²) in [5.74, 6) is -0.139. The van der Waals surface area contributed by atoms with Crippen molar-refractivity contribution in [3.63, 3.8) is 0 Å². The van der Waals surface area contributed by atoms with Crippen LogP contribution < -0.4 is 11.1 Å². The molecule has 2 heterocycles. The monoisotopic (exact) mass is 446 g/mol. The summed E-state index contributed by atoms with van der Waals surface area (Å²) in [6, 6.07) is 17.5. The molecule has 2 aromatic carbocycles. The zero-order chi connectivity index (χ0) is 23.4. The number of nitrogens with zero attached hydrogens (tertiary/aromatic N) is 2. The first-order chi connectivity index (χ1) is 15.9. The highest BCUT2D eigenvalue weighted by Crippen LogP contribution is 2.36. The topological polar surface area (TPSA) is 88.3 Å². The largest absolute Gasteiger partial charge is 0.384 e. The van der Waals surface area contributed by atoms with Crippen molar-refractivity contribution in [1.82, 2.24) is 15.2 Å². The van der Waals surface area contributed by atoms with Gasteiger partial charge in [0.25, 0.3) is 5.91 Å². The number of aromatic nitrogens is 1. The maximum absolute atomic E-state index is 13.3. The number of pyridine rings is 1. The highest BCUT2D eigenvalue weighted by molar-refractivity contribution is 5.95. The van der Waals surface area contributed by atoms with Crippen LogP contribution in [0, 0.1) is 11.2 Å². The summed E-state index contributed by atoms with van der Waals surface area (Å²) in [5.41, 5.74) is 8.22. The van der Waals surface area contributed by atoms with Crippen LogP contribution in [0.5, 0.6) is 0 Å². The molecule has 1 fully saturated rings. The summed E-state index contributed by atoms with van der Waals surface area (Å²) in [5, 5.41) is 2.96. The standard InChI is InChI=1S/C26H27FN4O2/c1-2-29-25(33)26(12-13-31(17-26)24(32)21-8-11-23(28)30-16-21)15-18-4-3-5-20(14-18)19-6-9-22(27)10-7-19/h3-11,14,16H,2,12-13,15,17H2,1H3,(H2,28,30)(H,29,33). The van der Waals surface area contributed by atoms with Crippen LogP contribution in [0.2, 0.25) is 0 Å². The Kier molecular flexibility index (Phi) is 6.40. The van der Waals surface area contributed by atoms with Crippen molar-refractivity contribution in [3.05, 3.63) is 83.8 Å². The van der Waals surface area contributed by atoms with Gasteiger partial charge in [-0.05, 0) is 60.7 Å². The first-order valence-corrected chi connectivity index (χ1v) is 11.0. The van der Waals surface area contributed by atoms with Gasteiger partial charge in [0.2, 0.25) is 5.91 Å². The fourth-order valence-corrected chi connectivity index (χ4v) is 4.41. The molecule has 1 aromatic heterocycles. The van der Waals surface area contributed by atoms with E-state index in [0.29, 0.717) is 43.9 Å². The number of halogens is 1. The predicted octanol–water partition coefficient (Wildman–Crippen LogP) is 3.68. The summed E-state index contributed by atoms with van der Waals surface area (Å²) in [6.45, 7) is 3.21. The maximum atomic E-state index is 13.3. The number of nitrogen functional groups attached to an aromatic ring is 1. The van der Waals surface area contributed by atoms with E-state index in [2.05, 4.69) is 10.3 Å². The molecule has 3 aromatic rings. The summed E-state index contributed by atoms with van der Waals surface area (Å²) >= 11 is 0. The molecule has 6 nitrogen and oxygen atoms in total. The van der Waals surface area contributed by atoms with E-state index in [1.165, 1.54) is 18.3 Å². The van der Waals surface area contributed by atoms with E-state index in [4.69, 9.17) is 5.73 Å². The molecular weight excluding hydrogens is 419 g/mol. The van der Waals surface area contributed by atoms with Crippen molar-refractivity contribution < 1.29 is 14.0 Å². The van der Waals surface area contributed by atoms with E-state index in [9.17, 15) is 14.0 Å². The zero-order valence-electron chi connectivity index (χ0n) is 18.6. The van der Waals surface area contributed by atoms with Gasteiger partial charge in [-0.1, -0.05) is 36.4 Å². The van der Waals surface area contributed by atoms with Crippen LogP contribution in [-0.2, 0) is 11.2 Å². The SMILES string of the molecule is CCNC(=O)C1(Cc2cccc(-c3ccc(F)cc3)c2)CCN(C(=O)c2ccc(N)nc2)C1. The lowest BCUT2D eigenvalue weighted by Crippen LogP contribution is -2.45. The summed E-state index contributed by atoms with van der Waals surface area (Å²) in [6.07, 6.45) is 2.53. The van der Waals surface area contributed by atoms with Crippen molar-refractivity contribution in [3.8, 4) is 11.1 Å². The molecule has 1 saturated heterocycles. The molecule has 1 atom stereocenters. The van der Waals surface area contributed by atoms with Crippen LogP contribution in [0.3, 0.4) is 0 Å². The molecule has 4 rings (SSSR count). The average molecular weight is 447 g/mol. The van der Waals surface area contributed by atoms with Crippen molar-refractivity contribution >= 4 is 17.6 Å². The van der Waals surface area contributed by atoms with Crippen LogP contribution in [0.15, 0.2) is 66.9 Å². The number of nitrogens with one attached hydrogen (secondary N) is 1. The van der Waals surface area contributed by atoms with E-state index < -0.39 is 5.41 Å². The zero-order valence-corrected chi connectivity index (χ0v) is 18.6. The predicted molar refractivity (Wildman–Crippen MR) is 126 cm³/mol. The molecule has 33 heavy (non-hydrogen) atoms. The molecule has 1 aliphatic heterocycles. The van der Waals surface area contributed by atoms with Gasteiger partial charge >= 0.3 is 0 Å². The van der Waals surface area contributed by atoms with Crippen molar-refractivity contribution in [2.24, 2.45) is 5.41 Å². The Morgan fingerprint density at radius 3 is 2.61 bits per heavy atom. The Morgan fingerprint density at radius 1 is 1.12 bits per heavy atom. The van der Waals surface area contributed by atoms with Crippen molar-refractivity contribution in [2.75, 3.05) is 25.4 Å². The highest BCUT2D eigenvalue weighted by Gasteiger charge is 2.46. The van der Waals surface area contributed by atoms with Gasteiger partial charge in [-0.3, -0.25) is 9.59 Å². The minimum Gasteiger partial charge on any atom is -0.384 e. The van der Waals surface area contributed by atoms with Crippen molar-refractivity contribution in [2.45, 2.75) is 19.8 Å². The van der Waals surface area contributed by atoms with E-state index in [1.54, 1.807) is 29.2 Å². The fourth-order valence-electron chi connectivity index (χ4n) is 4.41. The number of carbonyl (C=O) groups is 2. The lowest BCUT2D eigenvalue weighted by atomic mass is 9.79. The molecule has 0 saturated carbocycles. The number of hydrogen-bond donors (Lipinski definition) is 2. The van der Waals surface area contributed by atoms with Crippen LogP contribution in [0.1, 0.15) is 29.3 Å². The van der Waals surface area contributed by atoms with Gasteiger partial charge in [-0.25, -0.2) is 9.37 Å². The molecule has 0 radical (unpaired) electrons. The number of carbonyl (C=O) groups excluding carboxylic acids is 2. The van der Waals surface area contributed by atoms with Gasteiger partial charge in [0, 0.05) is 25.8 Å². The Morgan fingerprint density at radius 2 is 1.91 bits per heavy atom. The fraction of sp³-hybridized carbons (Fsp3) is 0.269. The van der Waals surface area contributed by atoms with Gasteiger partial charge in [0.15, 0.2) is 0 Å². The third kappa shape index (κ3) is 4.87. The number of hydrogen-bond acceptors (Lipinski definition) is 4. The maximum Gasteiger partial charge on any atom is 0.255 e. The third-order valence-electron chi connectivity index (χ3n) is 6.14. The minimum absolute atomic E-state index is 0.0529. The van der Waals surface area contributed by atoms with Crippen LogP contribution in [0.25, 0.3) is 11.1 Å². The van der Waals surface area contributed by atoms with E-state index >= 15 is 0 Å². The summed E-state index contributed by atoms with van der Waals surface area (Å²) in [4.78, 5) is 31.9. The van der Waals surface area contributed by atoms with Crippen molar-refractivity contribution in [1.29, 1.82) is 0 Å². The number of likely N-dealkylation sites (tertiary alicyclic amines) is 1. The Labute approximate surface area is 192 Å². The number of amides is 2. The molecule has 1 unspecified atom stereocenters. The Hall–Kier alpha value is -3.74. The van der Waals surface area contributed by atoms with Gasteiger partial charge in [-0.2, -0.15) is 0 Å². The van der Waals surface area contributed by atoms with Crippen LogP contribution >= 0.6 is 0 Å².